The average Bonchev–Trinajstić information content (AvgIpc) is 3.93. The molecule has 0 radical (unpaired) electrons. The predicted molar refractivity (Wildman–Crippen MR) is 306 cm³/mol. The maximum atomic E-state index is 9.52. The lowest BCUT2D eigenvalue weighted by Crippen LogP contribution is -2.10. The van der Waals surface area contributed by atoms with Gasteiger partial charge >= 0.3 is 0 Å². The molecule has 0 fully saturated rings. The van der Waals surface area contributed by atoms with Crippen molar-refractivity contribution in [3.63, 3.8) is 0 Å². The van der Waals surface area contributed by atoms with E-state index >= 15 is 0 Å². The van der Waals surface area contributed by atoms with Crippen LogP contribution in [0.25, 0.3) is 71.4 Å². The van der Waals surface area contributed by atoms with E-state index in [9.17, 15) is 5.26 Å². The first-order valence-electron chi connectivity index (χ1n) is 24.8. The smallest absolute Gasteiger partial charge is 0.187 e. The lowest BCUT2D eigenvalue weighted by Gasteiger charge is -2.26. The van der Waals surface area contributed by atoms with Crippen LogP contribution in [0.15, 0.2) is 255 Å². The zero-order chi connectivity index (χ0) is 50.1. The highest BCUT2D eigenvalue weighted by molar-refractivity contribution is 6.04. The Kier molecular flexibility index (Phi) is 11.7. The number of benzene rings is 10. The van der Waals surface area contributed by atoms with Gasteiger partial charge in [0.1, 0.15) is 0 Å². The van der Waals surface area contributed by atoms with Crippen molar-refractivity contribution in [2.45, 2.75) is 13.8 Å². The molecular weight excluding hydrogens is 901 g/mol. The molecule has 0 bridgehead atoms. The quantitative estimate of drug-likeness (QED) is 0.121. The van der Waals surface area contributed by atoms with Crippen LogP contribution in [-0.4, -0.2) is 9.13 Å². The molecule has 0 saturated heterocycles. The van der Waals surface area contributed by atoms with Crippen LogP contribution >= 0.6 is 0 Å². The third-order valence-electron chi connectivity index (χ3n) is 14.1. The molecule has 12 aromatic rings. The van der Waals surface area contributed by atoms with E-state index in [4.69, 9.17) is 6.57 Å². The molecule has 350 valence electrons. The minimum absolute atomic E-state index is 0.614. The Morgan fingerprint density at radius 2 is 0.716 bits per heavy atom. The molecule has 2 aromatic heterocycles. The number of fused-ring (bicyclic) bond motifs is 2. The third kappa shape index (κ3) is 8.13. The monoisotopic (exact) mass is 948 g/mol. The Morgan fingerprint density at radius 1 is 0.378 bits per heavy atom. The van der Waals surface area contributed by atoms with Gasteiger partial charge in [0.15, 0.2) is 5.69 Å². The number of hydrogen-bond acceptors (Lipinski definition) is 3. The van der Waals surface area contributed by atoms with Crippen molar-refractivity contribution in [3.8, 4) is 50.8 Å². The highest BCUT2D eigenvalue weighted by Gasteiger charge is 2.22. The molecule has 10 aromatic carbocycles. The molecule has 0 N–H and O–H groups in total. The Balaban J connectivity index is 0.954. The predicted octanol–water partition coefficient (Wildman–Crippen LogP) is 18.6. The van der Waals surface area contributed by atoms with E-state index in [-0.39, 0.29) is 0 Å². The first kappa shape index (κ1) is 45.0. The normalized spacial score (nSPS) is 11.1. The van der Waals surface area contributed by atoms with Crippen LogP contribution in [0.3, 0.4) is 0 Å². The minimum Gasteiger partial charge on any atom is -0.313 e. The van der Waals surface area contributed by atoms with Gasteiger partial charge in [-0.3, -0.25) is 0 Å². The van der Waals surface area contributed by atoms with Gasteiger partial charge in [-0.1, -0.05) is 121 Å². The second-order valence-electron chi connectivity index (χ2n) is 18.4. The van der Waals surface area contributed by atoms with Crippen molar-refractivity contribution in [1.29, 1.82) is 5.26 Å². The van der Waals surface area contributed by atoms with Gasteiger partial charge in [-0.05, 0) is 170 Å². The fraction of sp³-hybridized carbons (Fsp3) is 0.0294. The summed E-state index contributed by atoms with van der Waals surface area (Å²) in [6.07, 6.45) is 0. The van der Waals surface area contributed by atoms with Gasteiger partial charge in [-0.2, -0.15) is 5.26 Å². The van der Waals surface area contributed by atoms with Crippen LogP contribution in [0.5, 0.6) is 0 Å². The lowest BCUT2D eigenvalue weighted by molar-refractivity contribution is 1.05. The zero-order valence-corrected chi connectivity index (χ0v) is 40.9. The van der Waals surface area contributed by atoms with E-state index in [0.29, 0.717) is 11.3 Å². The van der Waals surface area contributed by atoms with Gasteiger partial charge in [0.05, 0.1) is 29.2 Å². The highest BCUT2D eigenvalue weighted by atomic mass is 15.1. The van der Waals surface area contributed by atoms with Crippen molar-refractivity contribution >= 4 is 61.6 Å². The second-order valence-corrected chi connectivity index (χ2v) is 18.4. The molecule has 74 heavy (non-hydrogen) atoms. The Morgan fingerprint density at radius 3 is 1.08 bits per heavy atom. The highest BCUT2D eigenvalue weighted by Crippen LogP contribution is 2.44. The summed E-state index contributed by atoms with van der Waals surface area (Å²) >= 11 is 0. The molecule has 0 aliphatic carbocycles. The van der Waals surface area contributed by atoms with E-state index in [1.165, 1.54) is 33.0 Å². The van der Waals surface area contributed by atoms with Crippen molar-refractivity contribution in [2.24, 2.45) is 0 Å². The number of nitriles is 1. The summed E-state index contributed by atoms with van der Waals surface area (Å²) < 4.78 is 4.77. The fourth-order valence-electron chi connectivity index (χ4n) is 10.7. The van der Waals surface area contributed by atoms with Gasteiger partial charge < -0.3 is 18.9 Å². The summed E-state index contributed by atoms with van der Waals surface area (Å²) in [7, 11) is 0. The SMILES string of the molecule is [C-]#[N+]c1ccc(N(c2ccccc2)c2ccc(-n3c(C)c(-c4ccccc4)c4cc(-c5ccc6c(c5)c(-c5ccccc5)c(C)n6-c5ccc(N(c6ccccc6)c6ccc(C#N)cc6)cc5)ccc43)cc2)cc1. The van der Waals surface area contributed by atoms with E-state index in [2.05, 4.69) is 238 Å². The maximum absolute atomic E-state index is 9.52. The van der Waals surface area contributed by atoms with Gasteiger partial charge in [0, 0.05) is 78.8 Å². The van der Waals surface area contributed by atoms with Crippen molar-refractivity contribution in [3.05, 3.63) is 283 Å². The molecule has 0 aliphatic heterocycles. The van der Waals surface area contributed by atoms with E-state index in [0.717, 1.165) is 79.0 Å². The summed E-state index contributed by atoms with van der Waals surface area (Å²) in [5, 5.41) is 11.9. The van der Waals surface area contributed by atoms with Crippen molar-refractivity contribution in [2.75, 3.05) is 9.80 Å². The summed E-state index contributed by atoms with van der Waals surface area (Å²) in [5.41, 5.74) is 21.1. The summed E-state index contributed by atoms with van der Waals surface area (Å²) in [6, 6.07) is 91.4. The molecule has 0 spiro atoms. The number of aromatic nitrogens is 2. The number of nitrogens with zero attached hydrogens (tertiary/aromatic N) is 6. The van der Waals surface area contributed by atoms with E-state index in [1.807, 2.05) is 60.7 Å². The minimum atomic E-state index is 0.614. The number of rotatable bonds is 11. The molecule has 0 amide bonds. The van der Waals surface area contributed by atoms with E-state index < -0.39 is 0 Å². The number of anilines is 6. The number of hydrogen-bond donors (Lipinski definition) is 0. The molecule has 6 nitrogen and oxygen atoms in total. The average molecular weight is 949 g/mol. The summed E-state index contributed by atoms with van der Waals surface area (Å²) in [5.74, 6) is 0. The van der Waals surface area contributed by atoms with Crippen LogP contribution in [0.2, 0.25) is 0 Å². The summed E-state index contributed by atoms with van der Waals surface area (Å²) in [6.45, 7) is 12.0. The van der Waals surface area contributed by atoms with Crippen LogP contribution in [0.4, 0.5) is 39.8 Å². The summed E-state index contributed by atoms with van der Waals surface area (Å²) in [4.78, 5) is 8.08. The zero-order valence-electron chi connectivity index (χ0n) is 40.9. The maximum Gasteiger partial charge on any atom is 0.187 e. The topological polar surface area (TPSA) is 44.5 Å². The fourth-order valence-corrected chi connectivity index (χ4v) is 10.7. The molecule has 0 unspecified atom stereocenters. The van der Waals surface area contributed by atoms with Crippen LogP contribution in [0, 0.1) is 31.8 Å². The van der Waals surface area contributed by atoms with Gasteiger partial charge in [-0.25, -0.2) is 4.85 Å². The Hall–Kier alpha value is -10.1. The van der Waals surface area contributed by atoms with Crippen LogP contribution in [0.1, 0.15) is 17.0 Å². The number of para-hydroxylation sites is 2. The molecule has 0 saturated carbocycles. The molecule has 2 heterocycles. The first-order chi connectivity index (χ1) is 36.4. The Labute approximate surface area is 431 Å². The van der Waals surface area contributed by atoms with Crippen molar-refractivity contribution < 1.29 is 0 Å². The van der Waals surface area contributed by atoms with Gasteiger partial charge in [-0.15, -0.1) is 0 Å². The van der Waals surface area contributed by atoms with Crippen molar-refractivity contribution in [1.82, 2.24) is 9.13 Å². The third-order valence-corrected chi connectivity index (χ3v) is 14.1. The molecular formula is C68H48N6. The molecule has 12 rings (SSSR count). The molecule has 0 atom stereocenters. The second kappa shape index (κ2) is 19.2. The van der Waals surface area contributed by atoms with E-state index in [1.54, 1.807) is 0 Å². The molecule has 6 heteroatoms. The standard InChI is InChI=1S/C68H48N6/c1-47-67(50-16-8-4-9-17-50)63-44-52(26-42-65(63)71(47)57-34-38-61(39-35-57)73(55-20-12-6-13-21-55)59-30-24-49(46-69)25-31-59)53-27-43-66-64(45-53)68(51-18-10-5-11-19-51)48(2)72(66)58-36-40-62(41-37-58)74(56-22-14-7-15-23-56)60-32-28-54(70-3)29-33-60/h4-45H,1-2H3. The Bertz CT molecular complexity index is 3780. The first-order valence-corrected chi connectivity index (χ1v) is 24.8. The van der Waals surface area contributed by atoms with Gasteiger partial charge in [0.25, 0.3) is 0 Å². The lowest BCUT2D eigenvalue weighted by atomic mass is 9.96. The largest absolute Gasteiger partial charge is 0.313 e. The van der Waals surface area contributed by atoms with Crippen LogP contribution in [-0.2, 0) is 0 Å². The van der Waals surface area contributed by atoms with Crippen LogP contribution < -0.4 is 9.80 Å². The van der Waals surface area contributed by atoms with Gasteiger partial charge in [0.2, 0.25) is 0 Å². The molecule has 0 aliphatic rings.